The van der Waals surface area contributed by atoms with E-state index in [1.807, 2.05) is 13.8 Å². The van der Waals surface area contributed by atoms with E-state index < -0.39 is 5.97 Å². The van der Waals surface area contributed by atoms with E-state index in [1.165, 1.54) is 0 Å². The van der Waals surface area contributed by atoms with Crippen LogP contribution in [-0.2, 0) is 4.79 Å². The first-order valence-corrected chi connectivity index (χ1v) is 6.48. The van der Waals surface area contributed by atoms with Gasteiger partial charge in [0.25, 0.3) is 5.97 Å². The lowest BCUT2D eigenvalue weighted by atomic mass is 10.3. The van der Waals surface area contributed by atoms with Crippen LogP contribution in [0.15, 0.2) is 34.3 Å². The minimum absolute atomic E-state index is 0. The highest BCUT2D eigenvalue weighted by atomic mass is 35.5. The Hall–Kier alpha value is -1.99. The lowest BCUT2D eigenvalue weighted by Crippen LogP contribution is -2.26. The standard InChI is InChI=1S/C11H16ClN5.C2H4O2.ClH/c1-7(2)15-10(13)17-11(14)16-9-5-3-8(12)4-6-9;1-2(3)4;/h3-7H,1-2H3,(H5,13,14,15,16,17);1H3,(H,3,4);1H. The van der Waals surface area contributed by atoms with Gasteiger partial charge < -0.3 is 21.9 Å². The third kappa shape index (κ3) is 13.0. The second-order valence-corrected chi connectivity index (χ2v) is 4.67. The van der Waals surface area contributed by atoms with Gasteiger partial charge in [-0.15, -0.1) is 12.4 Å². The van der Waals surface area contributed by atoms with Crippen molar-refractivity contribution < 1.29 is 9.90 Å². The molecule has 0 atom stereocenters. The molecule has 1 aromatic carbocycles. The SMILES string of the molecule is CC(=O)O.CC(C)N=C(N)/N=C(\N)Nc1ccc(Cl)cc1.Cl. The highest BCUT2D eigenvalue weighted by Crippen LogP contribution is 2.12. The third-order valence-electron chi connectivity index (χ3n) is 1.74. The quantitative estimate of drug-likeness (QED) is 0.481. The number of nitrogens with two attached hydrogens (primary N) is 2. The molecule has 0 radical (unpaired) electrons. The Morgan fingerprint density at radius 3 is 2.14 bits per heavy atom. The minimum atomic E-state index is -0.833. The van der Waals surface area contributed by atoms with Gasteiger partial charge in [0.15, 0.2) is 0 Å². The summed E-state index contributed by atoms with van der Waals surface area (Å²) in [5, 5.41) is 11.0. The number of halogens is 2. The first kappa shape index (κ1) is 22.3. The maximum atomic E-state index is 9.00. The first-order valence-electron chi connectivity index (χ1n) is 6.10. The summed E-state index contributed by atoms with van der Waals surface area (Å²) in [7, 11) is 0. The largest absolute Gasteiger partial charge is 0.481 e. The van der Waals surface area contributed by atoms with E-state index in [4.69, 9.17) is 33.0 Å². The number of aliphatic imine (C=N–C) groups is 2. The van der Waals surface area contributed by atoms with Crippen molar-refractivity contribution in [3.63, 3.8) is 0 Å². The number of carbonyl (C=O) groups is 1. The maximum absolute atomic E-state index is 9.00. The van der Waals surface area contributed by atoms with Crippen LogP contribution in [0.2, 0.25) is 5.02 Å². The predicted octanol–water partition coefficient (Wildman–Crippen LogP) is 2.30. The number of rotatable bonds is 2. The fourth-order valence-corrected chi connectivity index (χ4v) is 1.25. The molecule has 124 valence electrons. The molecule has 0 fully saturated rings. The number of benzene rings is 1. The highest BCUT2D eigenvalue weighted by Gasteiger charge is 1.97. The van der Waals surface area contributed by atoms with Crippen LogP contribution in [0.1, 0.15) is 20.8 Å². The van der Waals surface area contributed by atoms with Crippen molar-refractivity contribution in [2.24, 2.45) is 21.5 Å². The van der Waals surface area contributed by atoms with E-state index in [0.29, 0.717) is 5.02 Å². The summed E-state index contributed by atoms with van der Waals surface area (Å²) in [6.07, 6.45) is 0. The van der Waals surface area contributed by atoms with Crippen LogP contribution in [0.4, 0.5) is 5.69 Å². The molecular weight excluding hydrogens is 329 g/mol. The van der Waals surface area contributed by atoms with Gasteiger partial charge >= 0.3 is 0 Å². The molecule has 9 heteroatoms. The molecule has 1 aromatic rings. The molecule has 0 aromatic heterocycles. The average molecular weight is 350 g/mol. The third-order valence-corrected chi connectivity index (χ3v) is 1.99. The number of anilines is 1. The lowest BCUT2D eigenvalue weighted by molar-refractivity contribution is -0.134. The van der Waals surface area contributed by atoms with E-state index in [1.54, 1.807) is 24.3 Å². The first-order chi connectivity index (χ1) is 9.70. The Labute approximate surface area is 140 Å². The predicted molar refractivity (Wildman–Crippen MR) is 94.0 cm³/mol. The van der Waals surface area contributed by atoms with E-state index in [0.717, 1.165) is 12.6 Å². The van der Waals surface area contributed by atoms with Gasteiger partial charge in [-0.2, -0.15) is 4.99 Å². The number of carboxylic acids is 1. The highest BCUT2D eigenvalue weighted by molar-refractivity contribution is 6.30. The number of nitrogens with zero attached hydrogens (tertiary/aromatic N) is 2. The number of guanidine groups is 2. The van der Waals surface area contributed by atoms with Crippen LogP contribution in [0.25, 0.3) is 0 Å². The average Bonchev–Trinajstić information content (AvgIpc) is 2.30. The van der Waals surface area contributed by atoms with Gasteiger partial charge in [-0.1, -0.05) is 11.6 Å². The molecule has 0 aliphatic heterocycles. The van der Waals surface area contributed by atoms with Crippen LogP contribution >= 0.6 is 24.0 Å². The van der Waals surface area contributed by atoms with Crippen molar-refractivity contribution in [1.29, 1.82) is 0 Å². The Morgan fingerprint density at radius 2 is 1.73 bits per heavy atom. The van der Waals surface area contributed by atoms with E-state index in [-0.39, 0.29) is 30.4 Å². The molecule has 7 nitrogen and oxygen atoms in total. The van der Waals surface area contributed by atoms with Crippen molar-refractivity contribution in [2.75, 3.05) is 5.32 Å². The Kier molecular flexibility index (Phi) is 11.8. The van der Waals surface area contributed by atoms with Gasteiger partial charge in [-0.3, -0.25) is 4.79 Å². The van der Waals surface area contributed by atoms with Crippen molar-refractivity contribution in [2.45, 2.75) is 26.8 Å². The van der Waals surface area contributed by atoms with Crippen LogP contribution in [0, 0.1) is 0 Å². The molecule has 0 bridgehead atoms. The van der Waals surface area contributed by atoms with Crippen LogP contribution in [-0.4, -0.2) is 29.0 Å². The zero-order chi connectivity index (χ0) is 16.4. The normalized spacial score (nSPS) is 11.1. The zero-order valence-electron chi connectivity index (χ0n) is 12.6. The molecule has 0 heterocycles. The zero-order valence-corrected chi connectivity index (χ0v) is 14.1. The van der Waals surface area contributed by atoms with Gasteiger partial charge in [0.1, 0.15) is 0 Å². The second-order valence-electron chi connectivity index (χ2n) is 4.23. The monoisotopic (exact) mass is 349 g/mol. The topological polar surface area (TPSA) is 126 Å². The molecule has 22 heavy (non-hydrogen) atoms. The Morgan fingerprint density at radius 1 is 1.27 bits per heavy atom. The van der Waals surface area contributed by atoms with Gasteiger partial charge in [0.05, 0.1) is 0 Å². The lowest BCUT2D eigenvalue weighted by Gasteiger charge is -2.05. The number of hydrogen-bond acceptors (Lipinski definition) is 2. The Balaban J connectivity index is 0. The molecule has 0 aliphatic carbocycles. The molecular formula is C13H21Cl2N5O2. The van der Waals surface area contributed by atoms with Crippen LogP contribution in [0.5, 0.6) is 0 Å². The van der Waals surface area contributed by atoms with E-state index in [9.17, 15) is 0 Å². The summed E-state index contributed by atoms with van der Waals surface area (Å²) >= 11 is 5.76. The Bertz CT molecular complexity index is 512. The summed E-state index contributed by atoms with van der Waals surface area (Å²) in [4.78, 5) is 17.0. The van der Waals surface area contributed by atoms with Gasteiger partial charge in [-0.05, 0) is 38.1 Å². The fourth-order valence-electron chi connectivity index (χ4n) is 1.13. The maximum Gasteiger partial charge on any atom is 0.300 e. The van der Waals surface area contributed by atoms with E-state index >= 15 is 0 Å². The summed E-state index contributed by atoms with van der Waals surface area (Å²) in [6.45, 7) is 4.90. The minimum Gasteiger partial charge on any atom is -0.481 e. The molecule has 0 saturated heterocycles. The van der Waals surface area contributed by atoms with Crippen LogP contribution in [0.3, 0.4) is 0 Å². The van der Waals surface area contributed by atoms with Gasteiger partial charge in [0, 0.05) is 23.7 Å². The molecule has 0 unspecified atom stereocenters. The van der Waals surface area contributed by atoms with E-state index in [2.05, 4.69) is 15.3 Å². The number of carboxylic acid groups (broad SMARTS) is 1. The van der Waals surface area contributed by atoms with Crippen molar-refractivity contribution >= 4 is 47.6 Å². The number of aliphatic carboxylic acids is 1. The van der Waals surface area contributed by atoms with Gasteiger partial charge in [-0.25, -0.2) is 4.99 Å². The van der Waals surface area contributed by atoms with Crippen molar-refractivity contribution in [3.8, 4) is 0 Å². The molecule has 0 amide bonds. The van der Waals surface area contributed by atoms with Gasteiger partial charge in [0.2, 0.25) is 11.9 Å². The van der Waals surface area contributed by atoms with Crippen LogP contribution < -0.4 is 16.8 Å². The van der Waals surface area contributed by atoms with Crippen molar-refractivity contribution in [1.82, 2.24) is 0 Å². The molecule has 6 N–H and O–H groups in total. The summed E-state index contributed by atoms with van der Waals surface area (Å²) in [5.41, 5.74) is 12.0. The molecule has 0 saturated carbocycles. The summed E-state index contributed by atoms with van der Waals surface area (Å²) < 4.78 is 0. The number of hydrogen-bond donors (Lipinski definition) is 4. The fraction of sp³-hybridized carbons (Fsp3) is 0.308. The summed E-state index contributed by atoms with van der Waals surface area (Å²) in [5.74, 6) is -0.492. The molecule has 0 aliphatic rings. The summed E-state index contributed by atoms with van der Waals surface area (Å²) in [6, 6.07) is 7.17. The molecule has 1 rings (SSSR count). The van der Waals surface area contributed by atoms with Crippen molar-refractivity contribution in [3.05, 3.63) is 29.3 Å². The second kappa shape index (κ2) is 11.6. The smallest absolute Gasteiger partial charge is 0.300 e. The number of nitrogens with one attached hydrogen (secondary N) is 1. The molecule has 0 spiro atoms.